The van der Waals surface area contributed by atoms with Crippen molar-refractivity contribution in [2.24, 2.45) is 0 Å². The van der Waals surface area contributed by atoms with Crippen LogP contribution in [-0.2, 0) is 12.8 Å². The van der Waals surface area contributed by atoms with Gasteiger partial charge in [0, 0.05) is 48.6 Å². The molecule has 0 saturated carbocycles. The van der Waals surface area contributed by atoms with E-state index in [1.54, 1.807) is 0 Å². The lowest BCUT2D eigenvalue weighted by molar-refractivity contribution is 1.09. The SMILES string of the molecule is CCc1ccccc1N(c1ccc2cc(N(c3ccc(-c4ccccc4)cc3)c3ccc(-c4ccccc4)cc3)ccc2c1)c1cc2sc3ccccc3c2cc1CC. The molecule has 59 heavy (non-hydrogen) atoms. The van der Waals surface area contributed by atoms with Crippen LogP contribution in [0.4, 0.5) is 34.1 Å². The monoisotopic (exact) mass is 776 g/mol. The van der Waals surface area contributed by atoms with Gasteiger partial charge < -0.3 is 9.80 Å². The molecule has 9 aromatic carbocycles. The minimum atomic E-state index is 0.936. The van der Waals surface area contributed by atoms with Gasteiger partial charge in [-0.15, -0.1) is 11.3 Å². The van der Waals surface area contributed by atoms with Crippen molar-refractivity contribution in [1.82, 2.24) is 0 Å². The number of para-hydroxylation sites is 1. The topological polar surface area (TPSA) is 6.48 Å². The fourth-order valence-corrected chi connectivity index (χ4v) is 9.67. The van der Waals surface area contributed by atoms with Gasteiger partial charge in [0.15, 0.2) is 0 Å². The fourth-order valence-electron chi connectivity index (χ4n) is 8.55. The molecular formula is C56H44N2S. The van der Waals surface area contributed by atoms with Crippen LogP contribution in [0.1, 0.15) is 25.0 Å². The Kier molecular flexibility index (Phi) is 9.73. The zero-order valence-corrected chi connectivity index (χ0v) is 34.2. The van der Waals surface area contributed by atoms with E-state index in [0.717, 1.165) is 35.6 Å². The van der Waals surface area contributed by atoms with Gasteiger partial charge in [0.05, 0.1) is 5.69 Å². The summed E-state index contributed by atoms with van der Waals surface area (Å²) < 4.78 is 2.65. The molecule has 0 radical (unpaired) electrons. The average molecular weight is 777 g/mol. The fraction of sp³-hybridized carbons (Fsp3) is 0.0714. The van der Waals surface area contributed by atoms with Crippen LogP contribution in [0.25, 0.3) is 53.2 Å². The highest BCUT2D eigenvalue weighted by molar-refractivity contribution is 7.25. The van der Waals surface area contributed by atoms with E-state index in [1.807, 2.05) is 11.3 Å². The molecule has 0 aliphatic heterocycles. The molecule has 284 valence electrons. The third-order valence-corrected chi connectivity index (χ3v) is 12.7. The Balaban J connectivity index is 1.08. The van der Waals surface area contributed by atoms with Crippen molar-refractivity contribution in [3.05, 3.63) is 217 Å². The summed E-state index contributed by atoms with van der Waals surface area (Å²) in [7, 11) is 0. The summed E-state index contributed by atoms with van der Waals surface area (Å²) in [5.41, 5.74) is 14.5. The van der Waals surface area contributed by atoms with E-state index in [2.05, 4.69) is 230 Å². The zero-order chi connectivity index (χ0) is 39.7. The molecule has 1 aromatic heterocycles. The summed E-state index contributed by atoms with van der Waals surface area (Å²) in [6.07, 6.45) is 1.89. The number of hydrogen-bond donors (Lipinski definition) is 0. The molecule has 0 saturated heterocycles. The molecule has 10 aromatic rings. The number of rotatable bonds is 10. The van der Waals surface area contributed by atoms with Gasteiger partial charge in [0.2, 0.25) is 0 Å². The third kappa shape index (κ3) is 6.94. The molecule has 2 nitrogen and oxygen atoms in total. The highest BCUT2D eigenvalue weighted by Gasteiger charge is 2.21. The van der Waals surface area contributed by atoms with E-state index < -0.39 is 0 Å². The Hall–Kier alpha value is -6.94. The standard InChI is InChI=1S/C56H44N2S/c1-3-39-15-11-13-21-53(39)58(54-38-56-52(37-40(54)4-2)51-20-12-14-22-55(51)59-56)50-34-28-45-35-49(33-27-46(45)36-50)57(47-29-23-43(24-30-47)41-16-7-5-8-17-41)48-31-25-44(26-32-48)42-18-9-6-10-19-42/h5-38H,3-4H2,1-2H3. The van der Waals surface area contributed by atoms with Crippen molar-refractivity contribution in [3.63, 3.8) is 0 Å². The van der Waals surface area contributed by atoms with E-state index in [4.69, 9.17) is 0 Å². The molecule has 0 N–H and O–H groups in total. The lowest BCUT2D eigenvalue weighted by Crippen LogP contribution is -2.14. The Morgan fingerprint density at radius 2 is 0.831 bits per heavy atom. The van der Waals surface area contributed by atoms with Crippen molar-refractivity contribution in [3.8, 4) is 22.3 Å². The Bertz CT molecular complexity index is 2970. The highest BCUT2D eigenvalue weighted by Crippen LogP contribution is 2.45. The van der Waals surface area contributed by atoms with Gasteiger partial charge in [-0.25, -0.2) is 0 Å². The first kappa shape index (κ1) is 36.4. The molecule has 0 spiro atoms. The maximum Gasteiger partial charge on any atom is 0.0508 e. The number of aryl methyl sites for hydroxylation is 2. The molecule has 0 atom stereocenters. The summed E-state index contributed by atoms with van der Waals surface area (Å²) in [6, 6.07) is 75.5. The van der Waals surface area contributed by atoms with E-state index in [9.17, 15) is 0 Å². The molecule has 3 heteroatoms. The summed E-state index contributed by atoms with van der Waals surface area (Å²) in [5.74, 6) is 0. The van der Waals surface area contributed by atoms with Gasteiger partial charge >= 0.3 is 0 Å². The quantitative estimate of drug-likeness (QED) is 0.136. The van der Waals surface area contributed by atoms with Gasteiger partial charge in [-0.05, 0) is 130 Å². The van der Waals surface area contributed by atoms with E-state index in [0.29, 0.717) is 0 Å². The molecule has 0 fully saturated rings. The van der Waals surface area contributed by atoms with Crippen molar-refractivity contribution in [1.29, 1.82) is 0 Å². The number of hydrogen-bond acceptors (Lipinski definition) is 3. The highest BCUT2D eigenvalue weighted by atomic mass is 32.1. The first-order valence-corrected chi connectivity index (χ1v) is 21.4. The largest absolute Gasteiger partial charge is 0.310 e. The molecule has 0 amide bonds. The third-order valence-electron chi connectivity index (χ3n) is 11.6. The first-order chi connectivity index (χ1) is 29.1. The zero-order valence-electron chi connectivity index (χ0n) is 33.3. The van der Waals surface area contributed by atoms with Crippen molar-refractivity contribution < 1.29 is 0 Å². The summed E-state index contributed by atoms with van der Waals surface area (Å²) in [4.78, 5) is 4.87. The minimum Gasteiger partial charge on any atom is -0.310 e. The van der Waals surface area contributed by atoms with Crippen LogP contribution in [-0.4, -0.2) is 0 Å². The minimum absolute atomic E-state index is 0.936. The Morgan fingerprint density at radius 1 is 0.339 bits per heavy atom. The molecule has 0 bridgehead atoms. The number of nitrogens with zero attached hydrogens (tertiary/aromatic N) is 2. The molecular weight excluding hydrogens is 733 g/mol. The van der Waals surface area contributed by atoms with Crippen molar-refractivity contribution in [2.45, 2.75) is 26.7 Å². The van der Waals surface area contributed by atoms with E-state index in [-0.39, 0.29) is 0 Å². The molecule has 10 rings (SSSR count). The van der Waals surface area contributed by atoms with Crippen molar-refractivity contribution >= 4 is 76.4 Å². The van der Waals surface area contributed by atoms with Crippen LogP contribution < -0.4 is 9.80 Å². The predicted octanol–water partition coefficient (Wildman–Crippen LogP) is 16.6. The molecule has 0 aliphatic rings. The van der Waals surface area contributed by atoms with Crippen LogP contribution in [0.5, 0.6) is 0 Å². The predicted molar refractivity (Wildman–Crippen MR) is 256 cm³/mol. The Morgan fingerprint density at radius 3 is 1.42 bits per heavy atom. The van der Waals surface area contributed by atoms with Crippen LogP contribution in [0.2, 0.25) is 0 Å². The maximum absolute atomic E-state index is 2.50. The molecule has 1 heterocycles. The number of thiophene rings is 1. The molecule has 0 unspecified atom stereocenters. The lowest BCUT2D eigenvalue weighted by atomic mass is 10.0. The van der Waals surface area contributed by atoms with Crippen LogP contribution >= 0.6 is 11.3 Å². The van der Waals surface area contributed by atoms with Gasteiger partial charge in [0.25, 0.3) is 0 Å². The normalized spacial score (nSPS) is 11.4. The average Bonchev–Trinajstić information content (AvgIpc) is 3.67. The number of fused-ring (bicyclic) bond motifs is 4. The van der Waals surface area contributed by atoms with Gasteiger partial charge in [0.1, 0.15) is 0 Å². The summed E-state index contributed by atoms with van der Waals surface area (Å²) in [6.45, 7) is 4.53. The van der Waals surface area contributed by atoms with Crippen LogP contribution in [0, 0.1) is 0 Å². The number of benzene rings is 9. The second-order valence-electron chi connectivity index (χ2n) is 15.1. The molecule has 0 aliphatic carbocycles. The summed E-state index contributed by atoms with van der Waals surface area (Å²) in [5, 5.41) is 5.07. The van der Waals surface area contributed by atoms with Crippen LogP contribution in [0.15, 0.2) is 206 Å². The van der Waals surface area contributed by atoms with Gasteiger partial charge in [-0.2, -0.15) is 0 Å². The number of anilines is 6. The second-order valence-corrected chi connectivity index (χ2v) is 16.2. The van der Waals surface area contributed by atoms with Gasteiger partial charge in [-0.3, -0.25) is 0 Å². The maximum atomic E-state index is 2.50. The van der Waals surface area contributed by atoms with Crippen LogP contribution in [0.3, 0.4) is 0 Å². The Labute approximate surface area is 350 Å². The first-order valence-electron chi connectivity index (χ1n) is 20.6. The van der Waals surface area contributed by atoms with Crippen molar-refractivity contribution in [2.75, 3.05) is 9.80 Å². The lowest BCUT2D eigenvalue weighted by Gasteiger charge is -2.30. The summed E-state index contributed by atoms with van der Waals surface area (Å²) >= 11 is 1.88. The smallest absolute Gasteiger partial charge is 0.0508 e. The van der Waals surface area contributed by atoms with E-state index >= 15 is 0 Å². The second kappa shape index (κ2) is 15.8. The van der Waals surface area contributed by atoms with E-state index in [1.165, 1.54) is 75.7 Å². The van der Waals surface area contributed by atoms with Gasteiger partial charge in [-0.1, -0.05) is 147 Å².